The third-order valence-electron chi connectivity index (χ3n) is 3.34. The van der Waals surface area contributed by atoms with Crippen molar-refractivity contribution in [3.8, 4) is 0 Å². The highest BCUT2D eigenvalue weighted by atomic mass is 35.5. The lowest BCUT2D eigenvalue weighted by atomic mass is 10.1. The SMILES string of the molecule is CC1CCC(CN[C@H](C)c2ccccc2Cl)O1. The van der Waals surface area contributed by atoms with Crippen LogP contribution in [0, 0.1) is 0 Å². The van der Waals surface area contributed by atoms with E-state index in [9.17, 15) is 0 Å². The van der Waals surface area contributed by atoms with E-state index >= 15 is 0 Å². The molecule has 0 spiro atoms. The Morgan fingerprint density at radius 1 is 1.41 bits per heavy atom. The summed E-state index contributed by atoms with van der Waals surface area (Å²) >= 11 is 6.17. The van der Waals surface area contributed by atoms with Gasteiger partial charge in [-0.05, 0) is 38.3 Å². The molecule has 1 aromatic carbocycles. The van der Waals surface area contributed by atoms with Crippen molar-refractivity contribution in [3.63, 3.8) is 0 Å². The summed E-state index contributed by atoms with van der Waals surface area (Å²) in [4.78, 5) is 0. The predicted molar refractivity (Wildman–Crippen MR) is 71.4 cm³/mol. The first kappa shape index (κ1) is 12.9. The van der Waals surface area contributed by atoms with Crippen LogP contribution in [0.1, 0.15) is 38.3 Å². The number of benzene rings is 1. The Kier molecular flexibility index (Phi) is 4.43. The molecule has 0 saturated carbocycles. The van der Waals surface area contributed by atoms with Gasteiger partial charge in [0.25, 0.3) is 0 Å². The molecule has 1 heterocycles. The summed E-state index contributed by atoms with van der Waals surface area (Å²) in [6, 6.07) is 8.25. The second-order valence-electron chi connectivity index (χ2n) is 4.80. The van der Waals surface area contributed by atoms with Crippen molar-refractivity contribution < 1.29 is 4.74 Å². The molecule has 0 aliphatic carbocycles. The molecule has 0 radical (unpaired) electrons. The summed E-state index contributed by atoms with van der Waals surface area (Å²) in [5.74, 6) is 0. The molecule has 1 aliphatic rings. The lowest BCUT2D eigenvalue weighted by molar-refractivity contribution is 0.0546. The third-order valence-corrected chi connectivity index (χ3v) is 3.69. The summed E-state index contributed by atoms with van der Waals surface area (Å²) in [5, 5.41) is 4.32. The molecule has 3 heteroatoms. The molecule has 0 amide bonds. The maximum atomic E-state index is 6.17. The molecule has 2 unspecified atom stereocenters. The van der Waals surface area contributed by atoms with Crippen LogP contribution in [0.25, 0.3) is 0 Å². The van der Waals surface area contributed by atoms with Crippen LogP contribution in [-0.4, -0.2) is 18.8 Å². The van der Waals surface area contributed by atoms with E-state index in [0.717, 1.165) is 23.6 Å². The molecule has 0 bridgehead atoms. The fraction of sp³-hybridized carbons (Fsp3) is 0.571. The number of ether oxygens (including phenoxy) is 1. The Balaban J connectivity index is 1.85. The van der Waals surface area contributed by atoms with E-state index in [2.05, 4.69) is 25.2 Å². The molecule has 1 aliphatic heterocycles. The quantitative estimate of drug-likeness (QED) is 0.886. The minimum atomic E-state index is 0.267. The molecule has 0 aromatic heterocycles. The van der Waals surface area contributed by atoms with Crippen LogP contribution >= 0.6 is 11.6 Å². The van der Waals surface area contributed by atoms with E-state index in [1.165, 1.54) is 6.42 Å². The van der Waals surface area contributed by atoms with Crippen LogP contribution in [0.2, 0.25) is 5.02 Å². The molecule has 1 N–H and O–H groups in total. The summed E-state index contributed by atoms with van der Waals surface area (Å²) in [6.45, 7) is 5.17. The minimum Gasteiger partial charge on any atom is -0.374 e. The van der Waals surface area contributed by atoms with Gasteiger partial charge < -0.3 is 10.1 Å². The second-order valence-corrected chi connectivity index (χ2v) is 5.20. The predicted octanol–water partition coefficient (Wildman–Crippen LogP) is 3.56. The van der Waals surface area contributed by atoms with Crippen LogP contribution in [0.5, 0.6) is 0 Å². The van der Waals surface area contributed by atoms with Crippen molar-refractivity contribution >= 4 is 11.6 Å². The zero-order valence-corrected chi connectivity index (χ0v) is 11.2. The van der Waals surface area contributed by atoms with Gasteiger partial charge in [-0.25, -0.2) is 0 Å². The van der Waals surface area contributed by atoms with Crippen LogP contribution < -0.4 is 5.32 Å². The van der Waals surface area contributed by atoms with Crippen LogP contribution in [0.3, 0.4) is 0 Å². The highest BCUT2D eigenvalue weighted by molar-refractivity contribution is 6.31. The maximum absolute atomic E-state index is 6.17. The molecule has 1 fully saturated rings. The van der Waals surface area contributed by atoms with Crippen molar-refractivity contribution in [1.82, 2.24) is 5.32 Å². The zero-order valence-electron chi connectivity index (χ0n) is 10.4. The van der Waals surface area contributed by atoms with Gasteiger partial charge in [-0.2, -0.15) is 0 Å². The van der Waals surface area contributed by atoms with E-state index in [4.69, 9.17) is 16.3 Å². The second kappa shape index (κ2) is 5.85. The molecular formula is C14H20ClNO. The van der Waals surface area contributed by atoms with Gasteiger partial charge in [0.2, 0.25) is 0 Å². The fourth-order valence-corrected chi connectivity index (χ4v) is 2.58. The first-order chi connectivity index (χ1) is 8.16. The van der Waals surface area contributed by atoms with Crippen molar-refractivity contribution in [3.05, 3.63) is 34.9 Å². The van der Waals surface area contributed by atoms with E-state index in [-0.39, 0.29) is 6.04 Å². The van der Waals surface area contributed by atoms with E-state index in [1.807, 2.05) is 18.2 Å². The van der Waals surface area contributed by atoms with Crippen LogP contribution in [-0.2, 0) is 4.74 Å². The lowest BCUT2D eigenvalue weighted by Crippen LogP contribution is -2.29. The lowest BCUT2D eigenvalue weighted by Gasteiger charge is -2.18. The first-order valence-electron chi connectivity index (χ1n) is 6.30. The van der Waals surface area contributed by atoms with Crippen LogP contribution in [0.4, 0.5) is 0 Å². The molecule has 3 atom stereocenters. The van der Waals surface area contributed by atoms with Gasteiger partial charge >= 0.3 is 0 Å². The highest BCUT2D eigenvalue weighted by Crippen LogP contribution is 2.23. The van der Waals surface area contributed by atoms with Gasteiger partial charge in [0.05, 0.1) is 12.2 Å². The van der Waals surface area contributed by atoms with Crippen molar-refractivity contribution in [2.24, 2.45) is 0 Å². The standard InChI is InChI=1S/C14H20ClNO/c1-10-7-8-12(17-10)9-16-11(2)13-5-3-4-6-14(13)15/h3-6,10-12,16H,7-9H2,1-2H3/t10?,11-,12?/m1/s1. The van der Waals surface area contributed by atoms with Gasteiger partial charge in [-0.1, -0.05) is 29.8 Å². The van der Waals surface area contributed by atoms with Gasteiger partial charge in [-0.3, -0.25) is 0 Å². The van der Waals surface area contributed by atoms with E-state index < -0.39 is 0 Å². The largest absolute Gasteiger partial charge is 0.374 e. The van der Waals surface area contributed by atoms with Gasteiger partial charge in [-0.15, -0.1) is 0 Å². The Morgan fingerprint density at radius 3 is 2.82 bits per heavy atom. The number of halogens is 1. The van der Waals surface area contributed by atoms with Gasteiger partial charge in [0.15, 0.2) is 0 Å². The molecule has 1 aromatic rings. The Bertz CT molecular complexity index is 369. The first-order valence-corrected chi connectivity index (χ1v) is 6.68. The molecule has 1 saturated heterocycles. The van der Waals surface area contributed by atoms with Crippen molar-refractivity contribution in [2.75, 3.05) is 6.54 Å². The minimum absolute atomic E-state index is 0.267. The monoisotopic (exact) mass is 253 g/mol. The average Bonchev–Trinajstić information content (AvgIpc) is 2.73. The Labute approximate surface area is 108 Å². The fourth-order valence-electron chi connectivity index (χ4n) is 2.28. The van der Waals surface area contributed by atoms with E-state index in [0.29, 0.717) is 12.2 Å². The van der Waals surface area contributed by atoms with Crippen molar-refractivity contribution in [2.45, 2.75) is 44.9 Å². The number of hydrogen-bond donors (Lipinski definition) is 1. The summed E-state index contributed by atoms with van der Waals surface area (Å²) in [5.41, 5.74) is 1.15. The molecular weight excluding hydrogens is 234 g/mol. The van der Waals surface area contributed by atoms with Gasteiger partial charge in [0.1, 0.15) is 0 Å². The van der Waals surface area contributed by atoms with Crippen molar-refractivity contribution in [1.29, 1.82) is 0 Å². The molecule has 17 heavy (non-hydrogen) atoms. The number of nitrogens with one attached hydrogen (secondary N) is 1. The number of rotatable bonds is 4. The summed E-state index contributed by atoms with van der Waals surface area (Å²) in [6.07, 6.45) is 3.10. The smallest absolute Gasteiger partial charge is 0.0704 e. The highest BCUT2D eigenvalue weighted by Gasteiger charge is 2.22. The average molecular weight is 254 g/mol. The Hall–Kier alpha value is -0.570. The molecule has 94 valence electrons. The van der Waals surface area contributed by atoms with Gasteiger partial charge in [0, 0.05) is 17.6 Å². The van der Waals surface area contributed by atoms with E-state index in [1.54, 1.807) is 0 Å². The summed E-state index contributed by atoms with van der Waals surface area (Å²) < 4.78 is 5.78. The topological polar surface area (TPSA) is 21.3 Å². The van der Waals surface area contributed by atoms with Crippen LogP contribution in [0.15, 0.2) is 24.3 Å². The normalized spacial score (nSPS) is 26.1. The third kappa shape index (κ3) is 3.44. The number of hydrogen-bond acceptors (Lipinski definition) is 2. The summed E-state index contributed by atoms with van der Waals surface area (Å²) in [7, 11) is 0. The Morgan fingerprint density at radius 2 is 2.18 bits per heavy atom. The zero-order chi connectivity index (χ0) is 12.3. The molecule has 2 nitrogen and oxygen atoms in total. The maximum Gasteiger partial charge on any atom is 0.0704 e. The molecule has 2 rings (SSSR count).